The first-order valence-corrected chi connectivity index (χ1v) is 13.7. The molecule has 1 fully saturated rings. The van der Waals surface area contributed by atoms with Gasteiger partial charge in [0.1, 0.15) is 0 Å². The number of hydrogen-bond donors (Lipinski definition) is 0. The van der Waals surface area contributed by atoms with Crippen molar-refractivity contribution < 1.29 is 16.8 Å². The van der Waals surface area contributed by atoms with Crippen LogP contribution in [0.25, 0.3) is 5.69 Å². The van der Waals surface area contributed by atoms with Gasteiger partial charge in [-0.05, 0) is 63.1 Å². The van der Waals surface area contributed by atoms with Crippen LogP contribution in [-0.4, -0.2) is 55.4 Å². The fourth-order valence-electron chi connectivity index (χ4n) is 4.07. The highest BCUT2D eigenvalue weighted by Crippen LogP contribution is 2.25. The van der Waals surface area contributed by atoms with Crippen LogP contribution in [0.3, 0.4) is 0 Å². The summed E-state index contributed by atoms with van der Waals surface area (Å²) in [5, 5.41) is 4.59. The third kappa shape index (κ3) is 4.48. The molecule has 0 aliphatic carbocycles. The van der Waals surface area contributed by atoms with E-state index in [-0.39, 0.29) is 16.3 Å². The predicted octanol–water partition coefficient (Wildman–Crippen LogP) is 3.09. The Kier molecular flexibility index (Phi) is 6.45. The average molecular weight is 489 g/mol. The lowest BCUT2D eigenvalue weighted by molar-refractivity contribution is 0.464. The number of rotatable bonds is 7. The van der Waals surface area contributed by atoms with E-state index in [2.05, 4.69) is 5.10 Å². The quantitative estimate of drug-likeness (QED) is 0.510. The first-order valence-electron chi connectivity index (χ1n) is 10.8. The van der Waals surface area contributed by atoms with Crippen molar-refractivity contribution in [2.45, 2.75) is 43.0 Å². The molecule has 2 aromatic carbocycles. The van der Waals surface area contributed by atoms with Gasteiger partial charge in [0.2, 0.25) is 20.0 Å². The van der Waals surface area contributed by atoms with Gasteiger partial charge in [0.05, 0.1) is 21.2 Å². The minimum Gasteiger partial charge on any atom is -0.238 e. The second-order valence-electron chi connectivity index (χ2n) is 8.24. The summed E-state index contributed by atoms with van der Waals surface area (Å²) < 4.78 is 56.3. The maximum absolute atomic E-state index is 13.2. The molecule has 0 bridgehead atoms. The maximum atomic E-state index is 13.2. The largest absolute Gasteiger partial charge is 0.243 e. The van der Waals surface area contributed by atoms with E-state index in [1.54, 1.807) is 0 Å². The smallest absolute Gasteiger partial charge is 0.238 e. The van der Waals surface area contributed by atoms with Crippen LogP contribution < -0.4 is 0 Å². The molecule has 1 aliphatic heterocycles. The molecule has 0 spiro atoms. The van der Waals surface area contributed by atoms with Crippen molar-refractivity contribution in [2.75, 3.05) is 20.1 Å². The average Bonchev–Trinajstić information content (AvgIpc) is 3.45. The van der Waals surface area contributed by atoms with Gasteiger partial charge in [0, 0.05) is 37.9 Å². The van der Waals surface area contributed by atoms with Gasteiger partial charge in [-0.3, -0.25) is 0 Å². The molecule has 33 heavy (non-hydrogen) atoms. The van der Waals surface area contributed by atoms with Crippen LogP contribution in [0.2, 0.25) is 0 Å². The monoisotopic (exact) mass is 488 g/mol. The first-order chi connectivity index (χ1) is 15.6. The summed E-state index contributed by atoms with van der Waals surface area (Å²) in [5.41, 5.74) is 3.36. The summed E-state index contributed by atoms with van der Waals surface area (Å²) in [6.07, 6.45) is 1.69. The topological polar surface area (TPSA) is 92.6 Å². The number of sulfonamides is 2. The summed E-state index contributed by atoms with van der Waals surface area (Å²) in [6.45, 7) is 4.93. The van der Waals surface area contributed by atoms with E-state index in [4.69, 9.17) is 0 Å². The van der Waals surface area contributed by atoms with E-state index < -0.39 is 20.0 Å². The lowest BCUT2D eigenvalue weighted by Gasteiger charge is -2.19. The Labute approximate surface area is 195 Å². The van der Waals surface area contributed by atoms with Crippen molar-refractivity contribution in [1.82, 2.24) is 18.4 Å². The zero-order chi connectivity index (χ0) is 23.8. The molecule has 0 amide bonds. The third-order valence-electron chi connectivity index (χ3n) is 6.06. The number of nitrogens with zero attached hydrogens (tertiary/aromatic N) is 4. The minimum atomic E-state index is -3.82. The van der Waals surface area contributed by atoms with Crippen molar-refractivity contribution in [2.24, 2.45) is 0 Å². The second-order valence-corrected chi connectivity index (χ2v) is 12.2. The zero-order valence-corrected chi connectivity index (χ0v) is 20.6. The van der Waals surface area contributed by atoms with Crippen LogP contribution in [-0.2, 0) is 26.6 Å². The highest BCUT2D eigenvalue weighted by atomic mass is 32.2. The standard InChI is InChI=1S/C23H28N4O4S2/c1-18-23(19(2)27(24-18)20-9-5-4-6-10-20)17-25(3)32(28,29)21-11-13-22(14-12-21)33(30,31)26-15-7-8-16-26/h4-6,9-14H,7-8,15-17H2,1-3H3. The normalized spacial score (nSPS) is 15.4. The summed E-state index contributed by atoms with van der Waals surface area (Å²) in [4.78, 5) is 0.165. The summed E-state index contributed by atoms with van der Waals surface area (Å²) in [7, 11) is -5.89. The minimum absolute atomic E-state index is 0.0520. The van der Waals surface area contributed by atoms with Gasteiger partial charge in [-0.2, -0.15) is 13.7 Å². The number of para-hydroxylation sites is 1. The van der Waals surface area contributed by atoms with Gasteiger partial charge >= 0.3 is 0 Å². The van der Waals surface area contributed by atoms with E-state index >= 15 is 0 Å². The molecule has 10 heteroatoms. The molecule has 3 aromatic rings. The molecule has 1 aromatic heterocycles. The fraction of sp³-hybridized carbons (Fsp3) is 0.348. The number of aromatic nitrogens is 2. The van der Waals surface area contributed by atoms with E-state index in [9.17, 15) is 16.8 Å². The Bertz CT molecular complexity index is 1340. The molecular formula is C23H28N4O4S2. The van der Waals surface area contributed by atoms with Crippen LogP contribution in [0, 0.1) is 13.8 Å². The number of hydrogen-bond acceptors (Lipinski definition) is 5. The Balaban J connectivity index is 1.57. The molecule has 176 valence electrons. The molecule has 0 saturated carbocycles. The highest BCUT2D eigenvalue weighted by Gasteiger charge is 2.29. The SMILES string of the molecule is Cc1nn(-c2ccccc2)c(C)c1CN(C)S(=O)(=O)c1ccc(S(=O)(=O)N2CCCC2)cc1. The summed E-state index contributed by atoms with van der Waals surface area (Å²) >= 11 is 0. The third-order valence-corrected chi connectivity index (χ3v) is 9.79. The maximum Gasteiger partial charge on any atom is 0.243 e. The summed E-state index contributed by atoms with van der Waals surface area (Å²) in [6, 6.07) is 15.1. The fourth-order valence-corrected chi connectivity index (χ4v) is 6.73. The number of aryl methyl sites for hydroxylation is 1. The second kappa shape index (κ2) is 9.02. The van der Waals surface area contributed by atoms with E-state index in [1.807, 2.05) is 48.9 Å². The van der Waals surface area contributed by atoms with E-state index in [0.29, 0.717) is 13.1 Å². The Hall–Kier alpha value is -2.53. The van der Waals surface area contributed by atoms with Gasteiger partial charge in [0.25, 0.3) is 0 Å². The van der Waals surface area contributed by atoms with Gasteiger partial charge in [-0.25, -0.2) is 21.5 Å². The summed E-state index contributed by atoms with van der Waals surface area (Å²) in [5.74, 6) is 0. The van der Waals surface area contributed by atoms with Crippen molar-refractivity contribution >= 4 is 20.0 Å². The van der Waals surface area contributed by atoms with E-state index in [0.717, 1.165) is 35.5 Å². The van der Waals surface area contributed by atoms with Gasteiger partial charge in [-0.1, -0.05) is 18.2 Å². The predicted molar refractivity (Wildman–Crippen MR) is 126 cm³/mol. The molecule has 0 N–H and O–H groups in total. The van der Waals surface area contributed by atoms with Crippen LogP contribution in [0.15, 0.2) is 64.4 Å². The molecule has 0 radical (unpaired) electrons. The molecule has 1 saturated heterocycles. The van der Waals surface area contributed by atoms with Crippen molar-refractivity contribution in [3.8, 4) is 5.69 Å². The van der Waals surface area contributed by atoms with Crippen molar-refractivity contribution in [1.29, 1.82) is 0 Å². The molecule has 4 rings (SSSR count). The Morgan fingerprint density at radius 2 is 1.45 bits per heavy atom. The highest BCUT2D eigenvalue weighted by molar-refractivity contribution is 7.89. The zero-order valence-electron chi connectivity index (χ0n) is 19.0. The van der Waals surface area contributed by atoms with Crippen LogP contribution in [0.5, 0.6) is 0 Å². The van der Waals surface area contributed by atoms with Crippen molar-refractivity contribution in [3.63, 3.8) is 0 Å². The van der Waals surface area contributed by atoms with Gasteiger partial charge in [0.15, 0.2) is 0 Å². The van der Waals surface area contributed by atoms with E-state index in [1.165, 1.54) is 39.9 Å². The van der Waals surface area contributed by atoms with Crippen LogP contribution in [0.4, 0.5) is 0 Å². The molecule has 1 aliphatic rings. The molecule has 8 nitrogen and oxygen atoms in total. The molecular weight excluding hydrogens is 460 g/mol. The molecule has 2 heterocycles. The number of benzene rings is 2. The molecule has 0 unspecified atom stereocenters. The Morgan fingerprint density at radius 1 is 0.879 bits per heavy atom. The lowest BCUT2D eigenvalue weighted by Crippen LogP contribution is -2.28. The van der Waals surface area contributed by atoms with Gasteiger partial charge < -0.3 is 0 Å². The Morgan fingerprint density at radius 3 is 2.06 bits per heavy atom. The van der Waals surface area contributed by atoms with Gasteiger partial charge in [-0.15, -0.1) is 0 Å². The van der Waals surface area contributed by atoms with Crippen LogP contribution in [0.1, 0.15) is 29.8 Å². The van der Waals surface area contributed by atoms with Crippen LogP contribution >= 0.6 is 0 Å². The first kappa shape index (κ1) is 23.6. The molecule has 0 atom stereocenters. The lowest BCUT2D eigenvalue weighted by atomic mass is 10.2. The van der Waals surface area contributed by atoms with Crippen molar-refractivity contribution in [3.05, 3.63) is 71.5 Å².